The zero-order valence-corrected chi connectivity index (χ0v) is 34.8. The molecule has 0 fully saturated rings. The largest absolute Gasteiger partial charge is 0.512 e. The van der Waals surface area contributed by atoms with Crippen molar-refractivity contribution >= 4 is 27.5 Å². The summed E-state index contributed by atoms with van der Waals surface area (Å²) in [6.07, 6.45) is 2.29. The number of hydrogen-bond acceptors (Lipinski definition) is 4. The molecule has 0 amide bonds. The van der Waals surface area contributed by atoms with E-state index in [1.807, 2.05) is 64.1 Å². The van der Waals surface area contributed by atoms with Gasteiger partial charge in [-0.2, -0.15) is 13.2 Å². The van der Waals surface area contributed by atoms with Crippen LogP contribution in [-0.2, 0) is 36.7 Å². The molecular weight excluding hydrogens is 852 g/mol. The fourth-order valence-corrected chi connectivity index (χ4v) is 6.48. The molecule has 287 valence electrons. The van der Waals surface area contributed by atoms with Crippen molar-refractivity contribution in [3.63, 3.8) is 0 Å². The number of rotatable bonds is 11. The molecule has 0 unspecified atom stereocenters. The normalized spacial score (nSPS) is 12.6. The summed E-state index contributed by atoms with van der Waals surface area (Å²) in [5.41, 5.74) is 3.16. The molecule has 3 aromatic carbocycles. The Kier molecular flexibility index (Phi) is 14.9. The Morgan fingerprint density at radius 2 is 1.45 bits per heavy atom. The van der Waals surface area contributed by atoms with Gasteiger partial charge in [-0.25, -0.2) is 0 Å². The summed E-state index contributed by atoms with van der Waals surface area (Å²) in [5.74, 6) is 1.19. The number of halogens is 3. The number of alkyl halides is 3. The number of pyridine rings is 1. The van der Waals surface area contributed by atoms with E-state index in [2.05, 4.69) is 45.0 Å². The smallest absolute Gasteiger partial charge is 0.394 e. The third-order valence-corrected chi connectivity index (χ3v) is 10.0. The van der Waals surface area contributed by atoms with Crippen LogP contribution in [-0.4, -0.2) is 22.1 Å². The van der Waals surface area contributed by atoms with Crippen LogP contribution in [0.4, 0.5) is 13.2 Å². The first-order chi connectivity index (χ1) is 24.4. The maximum absolute atomic E-state index is 13.3. The topological polar surface area (TPSA) is 63.3 Å². The second kappa shape index (κ2) is 18.1. The predicted molar refractivity (Wildman–Crippen MR) is 207 cm³/mol. The van der Waals surface area contributed by atoms with Gasteiger partial charge in [0.15, 0.2) is 5.78 Å². The molecule has 5 rings (SSSR count). The van der Waals surface area contributed by atoms with Crippen LogP contribution in [0.5, 0.6) is 0 Å². The van der Waals surface area contributed by atoms with Crippen LogP contribution in [0.3, 0.4) is 0 Å². The first-order valence-corrected chi connectivity index (χ1v) is 18.4. The first-order valence-electron chi connectivity index (χ1n) is 18.4. The van der Waals surface area contributed by atoms with Gasteiger partial charge in [-0.3, -0.25) is 9.78 Å². The minimum atomic E-state index is -4.26. The van der Waals surface area contributed by atoms with Crippen molar-refractivity contribution in [2.75, 3.05) is 0 Å². The van der Waals surface area contributed by atoms with E-state index in [0.29, 0.717) is 16.9 Å². The average molecular weight is 905 g/mol. The van der Waals surface area contributed by atoms with Crippen molar-refractivity contribution in [3.8, 4) is 22.6 Å². The van der Waals surface area contributed by atoms with Crippen LogP contribution < -0.4 is 0 Å². The second-order valence-corrected chi connectivity index (χ2v) is 15.3. The molecule has 0 aliphatic heterocycles. The fraction of sp³-hybridized carbons (Fsp3) is 0.422. The van der Waals surface area contributed by atoms with Gasteiger partial charge in [0, 0.05) is 60.9 Å². The molecule has 1 radical (unpaired) electrons. The molecule has 0 saturated heterocycles. The molecule has 0 saturated carbocycles. The summed E-state index contributed by atoms with van der Waals surface area (Å²) >= 11 is 0. The summed E-state index contributed by atoms with van der Waals surface area (Å²) < 4.78 is 46.1. The molecule has 5 aromatic rings. The van der Waals surface area contributed by atoms with Crippen molar-refractivity contribution in [2.24, 2.45) is 17.3 Å². The van der Waals surface area contributed by atoms with Crippen LogP contribution >= 0.6 is 0 Å². The van der Waals surface area contributed by atoms with Gasteiger partial charge in [0.2, 0.25) is 0 Å². The van der Waals surface area contributed by atoms with Crippen LogP contribution in [0.1, 0.15) is 99.1 Å². The minimum absolute atomic E-state index is 0. The van der Waals surface area contributed by atoms with E-state index in [-0.39, 0.29) is 55.3 Å². The van der Waals surface area contributed by atoms with E-state index < -0.39 is 11.6 Å². The van der Waals surface area contributed by atoms with Crippen LogP contribution in [0, 0.1) is 23.3 Å². The van der Waals surface area contributed by atoms with E-state index in [1.54, 1.807) is 18.3 Å². The van der Waals surface area contributed by atoms with Crippen LogP contribution in [0.2, 0.25) is 0 Å². The number of allylic oxidation sites excluding steroid dienone is 2. The maximum atomic E-state index is 13.3. The number of carbonyl (C=O) groups excluding carboxylic acids is 1. The number of furan rings is 1. The minimum Gasteiger partial charge on any atom is -0.512 e. The molecule has 0 spiro atoms. The molecule has 2 aromatic heterocycles. The second-order valence-electron chi connectivity index (χ2n) is 15.3. The number of aromatic nitrogens is 1. The van der Waals surface area contributed by atoms with Crippen LogP contribution in [0.15, 0.2) is 89.2 Å². The van der Waals surface area contributed by atoms with Gasteiger partial charge in [-0.15, -0.1) is 29.1 Å². The number of carbonyl (C=O) groups is 1. The SMILES string of the molecule is CC(C)(C)c1cc(-c2nccc3oc(-c4ccc(CC(C)(C)C(F)(F)F)cc4)cc23)[c-]c2ccccc12.CCC(CC)C(=O)/C=C(\O)C(CC)CC.[Ir]. The number of nitrogens with zero attached hydrogens (tertiary/aromatic N) is 1. The van der Waals surface area contributed by atoms with E-state index >= 15 is 0 Å². The fourth-order valence-electron chi connectivity index (χ4n) is 6.48. The summed E-state index contributed by atoms with van der Waals surface area (Å²) in [4.78, 5) is 16.4. The third kappa shape index (κ3) is 10.5. The number of ketones is 1. The van der Waals surface area contributed by atoms with Gasteiger partial charge in [-0.1, -0.05) is 116 Å². The van der Waals surface area contributed by atoms with Gasteiger partial charge in [0.1, 0.15) is 11.3 Å². The molecule has 0 atom stereocenters. The predicted octanol–water partition coefficient (Wildman–Crippen LogP) is 13.4. The maximum Gasteiger partial charge on any atom is 0.394 e. The van der Waals surface area contributed by atoms with Gasteiger partial charge < -0.3 is 9.52 Å². The van der Waals surface area contributed by atoms with Crippen molar-refractivity contribution in [3.05, 3.63) is 102 Å². The zero-order valence-electron chi connectivity index (χ0n) is 32.4. The zero-order chi connectivity index (χ0) is 38.4. The Bertz CT molecular complexity index is 1990. The van der Waals surface area contributed by atoms with Crippen LogP contribution in [0.25, 0.3) is 44.3 Å². The molecule has 8 heteroatoms. The van der Waals surface area contributed by atoms with Crippen molar-refractivity contribution in [1.82, 2.24) is 4.98 Å². The Morgan fingerprint density at radius 3 is 2.02 bits per heavy atom. The summed E-state index contributed by atoms with van der Waals surface area (Å²) in [5, 5.41) is 12.8. The van der Waals surface area contributed by atoms with Gasteiger partial charge in [0.05, 0.1) is 11.2 Å². The quantitative estimate of drug-likeness (QED) is 0.0815. The molecule has 0 aliphatic rings. The number of benzene rings is 3. The monoisotopic (exact) mass is 905 g/mol. The van der Waals surface area contributed by atoms with E-state index in [0.717, 1.165) is 53.3 Å². The molecular formula is C45H53F3IrNO3-. The average Bonchev–Trinajstić information content (AvgIpc) is 3.53. The van der Waals surface area contributed by atoms with Gasteiger partial charge >= 0.3 is 6.18 Å². The molecule has 1 N–H and O–H groups in total. The number of fused-ring (bicyclic) bond motifs is 2. The number of aliphatic hydroxyl groups is 1. The number of aliphatic hydroxyl groups excluding tert-OH is 1. The Labute approximate surface area is 326 Å². The molecule has 0 bridgehead atoms. The van der Waals surface area contributed by atoms with Gasteiger partial charge in [-0.05, 0) is 55.2 Å². The Hall–Kier alpha value is -3.74. The molecule has 53 heavy (non-hydrogen) atoms. The third-order valence-electron chi connectivity index (χ3n) is 10.0. The summed E-state index contributed by atoms with van der Waals surface area (Å²) in [7, 11) is 0. The molecule has 2 heterocycles. The summed E-state index contributed by atoms with van der Waals surface area (Å²) in [6, 6.07) is 24.8. The van der Waals surface area contributed by atoms with Gasteiger partial charge in [0.25, 0.3) is 0 Å². The summed E-state index contributed by atoms with van der Waals surface area (Å²) in [6.45, 7) is 17.1. The molecule has 4 nitrogen and oxygen atoms in total. The van der Waals surface area contributed by atoms with Crippen molar-refractivity contribution in [2.45, 2.75) is 106 Å². The van der Waals surface area contributed by atoms with E-state index in [9.17, 15) is 23.1 Å². The Morgan fingerprint density at radius 1 is 0.849 bits per heavy atom. The van der Waals surface area contributed by atoms with E-state index in [1.165, 1.54) is 30.9 Å². The standard InChI is InChI=1S/C32H29F3NO.C13H24O2.Ir/c1-30(2,3)26-17-23(16-22-8-6-7-9-24(22)26)29-25-18-28(37-27(25)14-15-36-29)21-12-10-20(11-13-21)19-31(4,5)32(33,34)35;1-5-10(6-2)12(14)9-13(15)11(7-3)8-4;/h6-15,17-18H,19H2,1-5H3;9-11,14H,5-8H2,1-4H3;/q-1;;/b;12-9-;. The van der Waals surface area contributed by atoms with E-state index in [4.69, 9.17) is 9.40 Å². The Balaban J connectivity index is 0.000000403. The van der Waals surface area contributed by atoms with Crippen molar-refractivity contribution in [1.29, 1.82) is 0 Å². The number of hydrogen-bond donors (Lipinski definition) is 1. The molecule has 0 aliphatic carbocycles. The van der Waals surface area contributed by atoms with Crippen molar-refractivity contribution < 1.29 is 47.6 Å². The first kappa shape index (κ1) is 43.7.